The summed E-state index contributed by atoms with van der Waals surface area (Å²) in [5, 5.41) is 3.89. The van der Waals surface area contributed by atoms with Crippen molar-refractivity contribution < 1.29 is 17.9 Å². The SMILES string of the molecule is Cc1cc(C)nc(NS(=O)(=O)c2ccc(Nc3ncnc4sc(C(=O)OC(C)C)c(C)c34)cc2)n1. The van der Waals surface area contributed by atoms with E-state index in [-0.39, 0.29) is 16.9 Å². The van der Waals surface area contributed by atoms with Crippen molar-refractivity contribution in [3.05, 3.63) is 58.5 Å². The van der Waals surface area contributed by atoms with Gasteiger partial charge in [0, 0.05) is 17.1 Å². The van der Waals surface area contributed by atoms with E-state index in [0.29, 0.717) is 38.0 Å². The third-order valence-corrected chi connectivity index (χ3v) is 7.41. The van der Waals surface area contributed by atoms with E-state index >= 15 is 0 Å². The van der Waals surface area contributed by atoms with Gasteiger partial charge in [0.25, 0.3) is 10.0 Å². The van der Waals surface area contributed by atoms with Crippen LogP contribution in [0.5, 0.6) is 0 Å². The van der Waals surface area contributed by atoms with Crippen molar-refractivity contribution in [3.8, 4) is 0 Å². The molecule has 35 heavy (non-hydrogen) atoms. The van der Waals surface area contributed by atoms with Gasteiger partial charge in [-0.05, 0) is 70.5 Å². The Morgan fingerprint density at radius 2 is 1.69 bits per heavy atom. The van der Waals surface area contributed by atoms with Crippen LogP contribution in [0.3, 0.4) is 0 Å². The lowest BCUT2D eigenvalue weighted by Gasteiger charge is -2.10. The van der Waals surface area contributed by atoms with Gasteiger partial charge in [-0.15, -0.1) is 11.3 Å². The van der Waals surface area contributed by atoms with Crippen LogP contribution < -0.4 is 10.0 Å². The zero-order valence-corrected chi connectivity index (χ0v) is 21.4. The van der Waals surface area contributed by atoms with Crippen LogP contribution >= 0.6 is 11.3 Å². The minimum Gasteiger partial charge on any atom is -0.459 e. The predicted octanol–water partition coefficient (Wildman–Crippen LogP) is 4.52. The molecule has 0 bridgehead atoms. The highest BCUT2D eigenvalue weighted by Gasteiger charge is 2.21. The molecule has 0 fully saturated rings. The maximum atomic E-state index is 12.8. The maximum Gasteiger partial charge on any atom is 0.348 e. The molecular formula is C23H24N6O4S2. The Hall–Kier alpha value is -3.64. The molecule has 0 amide bonds. The number of carbonyl (C=O) groups excluding carboxylic acids is 1. The summed E-state index contributed by atoms with van der Waals surface area (Å²) < 4.78 is 33.3. The molecule has 0 aliphatic carbocycles. The molecule has 3 heterocycles. The number of aryl methyl sites for hydroxylation is 3. The van der Waals surface area contributed by atoms with Crippen molar-refractivity contribution in [2.24, 2.45) is 0 Å². The Bertz CT molecular complexity index is 1500. The van der Waals surface area contributed by atoms with Crippen LogP contribution in [0.1, 0.15) is 40.5 Å². The van der Waals surface area contributed by atoms with Crippen molar-refractivity contribution >= 4 is 55.0 Å². The maximum absolute atomic E-state index is 12.8. The minimum absolute atomic E-state index is 0.0211. The molecule has 0 radical (unpaired) electrons. The van der Waals surface area contributed by atoms with Crippen molar-refractivity contribution in [1.29, 1.82) is 0 Å². The van der Waals surface area contributed by atoms with Gasteiger partial charge in [0.1, 0.15) is 21.9 Å². The van der Waals surface area contributed by atoms with Gasteiger partial charge < -0.3 is 10.1 Å². The first-order chi connectivity index (χ1) is 16.5. The lowest BCUT2D eigenvalue weighted by atomic mass is 10.2. The van der Waals surface area contributed by atoms with Crippen LogP contribution in [-0.4, -0.2) is 40.4 Å². The molecule has 1 aromatic carbocycles. The number of aromatic nitrogens is 4. The fraction of sp³-hybridized carbons (Fsp3) is 0.261. The molecule has 12 heteroatoms. The van der Waals surface area contributed by atoms with E-state index in [0.717, 1.165) is 5.56 Å². The molecule has 0 atom stereocenters. The van der Waals surface area contributed by atoms with Gasteiger partial charge in [-0.3, -0.25) is 0 Å². The zero-order valence-electron chi connectivity index (χ0n) is 19.8. The Labute approximate surface area is 206 Å². The largest absolute Gasteiger partial charge is 0.459 e. The van der Waals surface area contributed by atoms with Crippen LogP contribution in [0.2, 0.25) is 0 Å². The fourth-order valence-electron chi connectivity index (χ4n) is 3.43. The summed E-state index contributed by atoms with van der Waals surface area (Å²) in [4.78, 5) is 30.5. The Morgan fingerprint density at radius 3 is 2.31 bits per heavy atom. The number of sulfonamides is 1. The van der Waals surface area contributed by atoms with E-state index in [9.17, 15) is 13.2 Å². The molecule has 0 unspecified atom stereocenters. The smallest absolute Gasteiger partial charge is 0.348 e. The molecular weight excluding hydrogens is 488 g/mol. The van der Waals surface area contributed by atoms with Gasteiger partial charge in [-0.25, -0.2) is 37.9 Å². The van der Waals surface area contributed by atoms with Gasteiger partial charge >= 0.3 is 5.97 Å². The monoisotopic (exact) mass is 512 g/mol. The average Bonchev–Trinajstić information content (AvgIpc) is 3.10. The molecule has 0 saturated carbocycles. The molecule has 10 nitrogen and oxygen atoms in total. The first kappa shape index (κ1) is 24.5. The first-order valence-electron chi connectivity index (χ1n) is 10.7. The van der Waals surface area contributed by atoms with Crippen molar-refractivity contribution in [3.63, 3.8) is 0 Å². The normalized spacial score (nSPS) is 11.6. The van der Waals surface area contributed by atoms with E-state index in [1.807, 2.05) is 6.92 Å². The number of benzene rings is 1. The second-order valence-corrected chi connectivity index (χ2v) is 10.8. The second kappa shape index (κ2) is 9.55. The number of hydrogen-bond acceptors (Lipinski definition) is 10. The third kappa shape index (κ3) is 5.38. The molecule has 0 saturated heterocycles. The Kier molecular flexibility index (Phi) is 6.68. The number of anilines is 3. The Balaban J connectivity index is 1.58. The molecule has 3 aromatic heterocycles. The van der Waals surface area contributed by atoms with Crippen LogP contribution in [0, 0.1) is 20.8 Å². The van der Waals surface area contributed by atoms with E-state index < -0.39 is 16.0 Å². The lowest BCUT2D eigenvalue weighted by molar-refractivity contribution is 0.0383. The van der Waals surface area contributed by atoms with Gasteiger partial charge in [-0.2, -0.15) is 0 Å². The minimum atomic E-state index is -3.87. The number of carbonyl (C=O) groups is 1. The third-order valence-electron chi connectivity index (χ3n) is 4.89. The van der Waals surface area contributed by atoms with Crippen LogP contribution in [0.15, 0.2) is 41.6 Å². The Morgan fingerprint density at radius 1 is 1.03 bits per heavy atom. The first-order valence-corrected chi connectivity index (χ1v) is 13.0. The summed E-state index contributed by atoms with van der Waals surface area (Å²) in [6.45, 7) is 8.94. The van der Waals surface area contributed by atoms with Gasteiger partial charge in [0.2, 0.25) is 5.95 Å². The van der Waals surface area contributed by atoms with E-state index in [2.05, 4.69) is 30.0 Å². The quantitative estimate of drug-likeness (QED) is 0.343. The zero-order chi connectivity index (χ0) is 25.3. The highest BCUT2D eigenvalue weighted by atomic mass is 32.2. The average molecular weight is 513 g/mol. The number of esters is 1. The molecule has 4 rings (SSSR count). The summed E-state index contributed by atoms with van der Waals surface area (Å²) in [6.07, 6.45) is 1.17. The molecule has 4 aromatic rings. The molecule has 0 spiro atoms. The number of nitrogens with zero attached hydrogens (tertiary/aromatic N) is 4. The highest BCUT2D eigenvalue weighted by molar-refractivity contribution is 7.92. The lowest BCUT2D eigenvalue weighted by Crippen LogP contribution is -2.15. The summed E-state index contributed by atoms with van der Waals surface area (Å²) in [6, 6.07) is 7.95. The standard InChI is InChI=1S/C23H24N6O4S2/c1-12(2)33-22(30)19-15(5)18-20(24-11-25-21(18)34-19)28-16-6-8-17(9-7-16)35(31,32)29-23-26-13(3)10-14(4)27-23/h6-12H,1-5H3,(H,24,25,28)(H,26,27,29). The molecule has 0 aliphatic heterocycles. The summed E-state index contributed by atoms with van der Waals surface area (Å²) >= 11 is 1.24. The second-order valence-electron chi connectivity index (χ2n) is 8.14. The molecule has 2 N–H and O–H groups in total. The van der Waals surface area contributed by atoms with Gasteiger partial charge in [0.15, 0.2) is 0 Å². The molecule has 182 valence electrons. The number of hydrogen-bond donors (Lipinski definition) is 2. The number of rotatable bonds is 7. The van der Waals surface area contributed by atoms with Crippen molar-refractivity contribution in [1.82, 2.24) is 19.9 Å². The van der Waals surface area contributed by atoms with Crippen molar-refractivity contribution in [2.75, 3.05) is 10.0 Å². The van der Waals surface area contributed by atoms with Crippen LogP contribution in [0.25, 0.3) is 10.2 Å². The van der Waals surface area contributed by atoms with Gasteiger partial charge in [-0.1, -0.05) is 0 Å². The topological polar surface area (TPSA) is 136 Å². The number of thiophene rings is 1. The summed E-state index contributed by atoms with van der Waals surface area (Å²) in [7, 11) is -3.87. The van der Waals surface area contributed by atoms with Crippen LogP contribution in [0.4, 0.5) is 17.5 Å². The van der Waals surface area contributed by atoms with E-state index in [4.69, 9.17) is 4.74 Å². The number of ether oxygens (including phenoxy) is 1. The van der Waals surface area contributed by atoms with E-state index in [1.165, 1.54) is 29.8 Å². The predicted molar refractivity (Wildman–Crippen MR) is 135 cm³/mol. The highest BCUT2D eigenvalue weighted by Crippen LogP contribution is 2.35. The molecule has 0 aliphatic rings. The van der Waals surface area contributed by atoms with E-state index in [1.54, 1.807) is 45.9 Å². The fourth-order valence-corrected chi connectivity index (χ4v) is 5.41. The summed E-state index contributed by atoms with van der Waals surface area (Å²) in [5.41, 5.74) is 2.66. The number of nitrogens with one attached hydrogen (secondary N) is 2. The number of fused-ring (bicyclic) bond motifs is 1. The van der Waals surface area contributed by atoms with Crippen molar-refractivity contribution in [2.45, 2.75) is 45.6 Å². The summed E-state index contributed by atoms with van der Waals surface area (Å²) in [5.74, 6) is 0.124. The van der Waals surface area contributed by atoms with Gasteiger partial charge in [0.05, 0.1) is 16.4 Å². The van der Waals surface area contributed by atoms with Crippen LogP contribution in [-0.2, 0) is 14.8 Å².